The minimum absolute atomic E-state index is 0.0254. The fourth-order valence-corrected chi connectivity index (χ4v) is 4.08. The number of hydrogen-bond acceptors (Lipinski definition) is 4. The first kappa shape index (κ1) is 22.7. The average molecular weight is 425 g/mol. The van der Waals surface area contributed by atoms with Gasteiger partial charge in [-0.15, -0.1) is 0 Å². The maximum absolute atomic E-state index is 13.2. The zero-order chi connectivity index (χ0) is 22.4. The lowest BCUT2D eigenvalue weighted by atomic mass is 9.87. The van der Waals surface area contributed by atoms with Crippen LogP contribution in [0, 0.1) is 12.8 Å². The molecule has 0 unspecified atom stereocenters. The first-order valence-corrected chi connectivity index (χ1v) is 10.8. The molecule has 31 heavy (non-hydrogen) atoms. The largest absolute Gasteiger partial charge is 0.497 e. The van der Waals surface area contributed by atoms with Crippen LogP contribution in [0.5, 0.6) is 11.5 Å². The fraction of sp³-hybridized carbons (Fsp3) is 0.440. The molecular formula is C25H32N2O4. The third-order valence-corrected chi connectivity index (χ3v) is 5.91. The maximum Gasteiger partial charge on any atom is 0.253 e. The molecule has 0 saturated carbocycles. The topological polar surface area (TPSA) is 67.9 Å². The molecule has 1 heterocycles. The van der Waals surface area contributed by atoms with E-state index in [1.54, 1.807) is 19.1 Å². The minimum atomic E-state index is -0.354. The SMILES string of the molecule is CCCCNC(=O)[C@@H]1CN(C(=O)c2ccc(C)cc2)C[C@H]1c1cc(OC)ccc1OC. The zero-order valence-corrected chi connectivity index (χ0v) is 18.8. The molecular weight excluding hydrogens is 392 g/mol. The number of nitrogens with zero attached hydrogens (tertiary/aromatic N) is 1. The van der Waals surface area contributed by atoms with Gasteiger partial charge in [-0.1, -0.05) is 31.0 Å². The molecule has 2 aromatic rings. The van der Waals surface area contributed by atoms with Crippen molar-refractivity contribution in [3.63, 3.8) is 0 Å². The highest BCUT2D eigenvalue weighted by Crippen LogP contribution is 2.40. The van der Waals surface area contributed by atoms with E-state index in [-0.39, 0.29) is 23.7 Å². The predicted molar refractivity (Wildman–Crippen MR) is 121 cm³/mol. The first-order valence-electron chi connectivity index (χ1n) is 10.8. The number of likely N-dealkylation sites (tertiary alicyclic amines) is 1. The van der Waals surface area contributed by atoms with Gasteiger partial charge in [0, 0.05) is 36.7 Å². The molecule has 0 aliphatic carbocycles. The number of carbonyl (C=O) groups excluding carboxylic acids is 2. The lowest BCUT2D eigenvalue weighted by Crippen LogP contribution is -2.36. The molecule has 0 bridgehead atoms. The van der Waals surface area contributed by atoms with Crippen molar-refractivity contribution in [2.45, 2.75) is 32.6 Å². The number of rotatable bonds is 8. The summed E-state index contributed by atoms with van der Waals surface area (Å²) in [4.78, 5) is 28.0. The molecule has 1 saturated heterocycles. The van der Waals surface area contributed by atoms with E-state index >= 15 is 0 Å². The quantitative estimate of drug-likeness (QED) is 0.655. The summed E-state index contributed by atoms with van der Waals surface area (Å²) < 4.78 is 11.0. The van der Waals surface area contributed by atoms with Gasteiger partial charge in [-0.2, -0.15) is 0 Å². The number of unbranched alkanes of at least 4 members (excludes halogenated alkanes) is 1. The van der Waals surface area contributed by atoms with Crippen molar-refractivity contribution in [1.82, 2.24) is 10.2 Å². The van der Waals surface area contributed by atoms with Gasteiger partial charge in [-0.3, -0.25) is 9.59 Å². The van der Waals surface area contributed by atoms with Gasteiger partial charge in [0.1, 0.15) is 11.5 Å². The van der Waals surface area contributed by atoms with Crippen LogP contribution < -0.4 is 14.8 Å². The van der Waals surface area contributed by atoms with E-state index < -0.39 is 0 Å². The summed E-state index contributed by atoms with van der Waals surface area (Å²) in [5.41, 5.74) is 2.62. The zero-order valence-electron chi connectivity index (χ0n) is 18.8. The number of ether oxygens (including phenoxy) is 2. The second-order valence-electron chi connectivity index (χ2n) is 8.04. The Morgan fingerprint density at radius 2 is 1.81 bits per heavy atom. The van der Waals surface area contributed by atoms with Crippen molar-refractivity contribution >= 4 is 11.8 Å². The lowest BCUT2D eigenvalue weighted by molar-refractivity contribution is -0.124. The normalized spacial score (nSPS) is 18.0. The van der Waals surface area contributed by atoms with Crippen LogP contribution in [0.1, 0.15) is 47.2 Å². The third-order valence-electron chi connectivity index (χ3n) is 5.91. The summed E-state index contributed by atoms with van der Waals surface area (Å²) in [5.74, 6) is 0.776. The Morgan fingerprint density at radius 1 is 1.06 bits per heavy atom. The Labute approximate surface area is 184 Å². The van der Waals surface area contributed by atoms with Crippen molar-refractivity contribution in [2.24, 2.45) is 5.92 Å². The van der Waals surface area contributed by atoms with Gasteiger partial charge >= 0.3 is 0 Å². The van der Waals surface area contributed by atoms with E-state index in [0.717, 1.165) is 24.0 Å². The van der Waals surface area contributed by atoms with E-state index in [2.05, 4.69) is 12.2 Å². The summed E-state index contributed by atoms with van der Waals surface area (Å²) in [6.45, 7) is 5.54. The second-order valence-corrected chi connectivity index (χ2v) is 8.04. The van der Waals surface area contributed by atoms with Crippen LogP contribution in [-0.2, 0) is 4.79 Å². The van der Waals surface area contributed by atoms with E-state index in [4.69, 9.17) is 9.47 Å². The molecule has 2 aromatic carbocycles. The van der Waals surface area contributed by atoms with Gasteiger partial charge in [-0.25, -0.2) is 0 Å². The summed E-state index contributed by atoms with van der Waals surface area (Å²) >= 11 is 0. The monoisotopic (exact) mass is 424 g/mol. The van der Waals surface area contributed by atoms with Gasteiger partial charge in [0.05, 0.1) is 20.1 Å². The summed E-state index contributed by atoms with van der Waals surface area (Å²) in [6, 6.07) is 13.1. The average Bonchev–Trinajstić information content (AvgIpc) is 3.24. The lowest BCUT2D eigenvalue weighted by Gasteiger charge is -2.21. The molecule has 0 spiro atoms. The molecule has 1 aliphatic rings. The number of amides is 2. The van der Waals surface area contributed by atoms with E-state index in [1.165, 1.54) is 0 Å². The molecule has 0 aromatic heterocycles. The van der Waals surface area contributed by atoms with Crippen LogP contribution in [0.15, 0.2) is 42.5 Å². The molecule has 1 aliphatic heterocycles. The van der Waals surface area contributed by atoms with E-state index in [0.29, 0.717) is 36.7 Å². The van der Waals surface area contributed by atoms with Crippen LogP contribution in [0.2, 0.25) is 0 Å². The fourth-order valence-electron chi connectivity index (χ4n) is 4.08. The van der Waals surface area contributed by atoms with Crippen LogP contribution >= 0.6 is 0 Å². The number of methoxy groups -OCH3 is 2. The molecule has 6 heteroatoms. The standard InChI is InChI=1S/C25H32N2O4/c1-5-6-13-26-24(28)22-16-27(25(29)18-9-7-17(2)8-10-18)15-21(22)20-14-19(30-3)11-12-23(20)31-4/h7-12,14,21-22H,5-6,13,15-16H2,1-4H3,(H,26,28)/t21-,22+/m0/s1. The van der Waals surface area contributed by atoms with Gasteiger partial charge in [0.15, 0.2) is 0 Å². The highest BCUT2D eigenvalue weighted by molar-refractivity contribution is 5.95. The summed E-state index contributed by atoms with van der Waals surface area (Å²) in [6.07, 6.45) is 1.94. The van der Waals surface area contributed by atoms with Crippen molar-refractivity contribution in [2.75, 3.05) is 33.9 Å². The van der Waals surface area contributed by atoms with Crippen molar-refractivity contribution < 1.29 is 19.1 Å². The highest BCUT2D eigenvalue weighted by atomic mass is 16.5. The number of benzene rings is 2. The molecule has 3 rings (SSSR count). The second kappa shape index (κ2) is 10.3. The van der Waals surface area contributed by atoms with E-state index in [9.17, 15) is 9.59 Å². The summed E-state index contributed by atoms with van der Waals surface area (Å²) in [7, 11) is 3.23. The van der Waals surface area contributed by atoms with Gasteiger partial charge in [0.25, 0.3) is 5.91 Å². The van der Waals surface area contributed by atoms with Crippen LogP contribution in [0.4, 0.5) is 0 Å². The Hall–Kier alpha value is -3.02. The number of nitrogens with one attached hydrogen (secondary N) is 1. The smallest absolute Gasteiger partial charge is 0.253 e. The molecule has 6 nitrogen and oxygen atoms in total. The Bertz CT molecular complexity index is 910. The van der Waals surface area contributed by atoms with Gasteiger partial charge in [-0.05, 0) is 43.7 Å². The molecule has 166 valence electrons. The van der Waals surface area contributed by atoms with Gasteiger partial charge < -0.3 is 19.7 Å². The third kappa shape index (κ3) is 5.19. The minimum Gasteiger partial charge on any atom is -0.497 e. The molecule has 0 radical (unpaired) electrons. The number of hydrogen-bond donors (Lipinski definition) is 1. The van der Waals surface area contributed by atoms with Crippen molar-refractivity contribution in [3.05, 3.63) is 59.2 Å². The van der Waals surface area contributed by atoms with Gasteiger partial charge in [0.2, 0.25) is 5.91 Å². The maximum atomic E-state index is 13.2. The molecule has 2 atom stereocenters. The summed E-state index contributed by atoms with van der Waals surface area (Å²) in [5, 5.41) is 3.05. The Kier molecular flexibility index (Phi) is 7.55. The van der Waals surface area contributed by atoms with E-state index in [1.807, 2.05) is 49.4 Å². The predicted octanol–water partition coefficient (Wildman–Crippen LogP) is 3.78. The first-order chi connectivity index (χ1) is 15.0. The highest BCUT2D eigenvalue weighted by Gasteiger charge is 2.41. The van der Waals surface area contributed by atoms with Crippen LogP contribution in [-0.4, -0.2) is 50.6 Å². The van der Waals surface area contributed by atoms with Crippen molar-refractivity contribution in [3.8, 4) is 11.5 Å². The molecule has 1 fully saturated rings. The Morgan fingerprint density at radius 3 is 2.45 bits per heavy atom. The number of aryl methyl sites for hydroxylation is 1. The number of carbonyl (C=O) groups is 2. The Balaban J connectivity index is 1.91. The van der Waals surface area contributed by atoms with Crippen LogP contribution in [0.3, 0.4) is 0 Å². The van der Waals surface area contributed by atoms with Crippen molar-refractivity contribution in [1.29, 1.82) is 0 Å². The molecule has 2 amide bonds. The molecule has 1 N–H and O–H groups in total. The van der Waals surface area contributed by atoms with Crippen LogP contribution in [0.25, 0.3) is 0 Å².